The van der Waals surface area contributed by atoms with E-state index in [2.05, 4.69) is 4.90 Å². The number of hydrogen-bond acceptors (Lipinski definition) is 6. The minimum Gasteiger partial charge on any atom is -0.372 e. The zero-order chi connectivity index (χ0) is 29.0. The van der Waals surface area contributed by atoms with Crippen LogP contribution in [-0.2, 0) is 14.8 Å². The molecule has 216 valence electrons. The van der Waals surface area contributed by atoms with Crippen molar-refractivity contribution in [2.24, 2.45) is 0 Å². The first-order chi connectivity index (χ1) is 19.0. The normalized spacial score (nSPS) is 16.4. The lowest BCUT2D eigenvalue weighted by Gasteiger charge is -2.30. The number of amides is 1. The fraction of sp³-hybridized carbons (Fsp3) is 0.393. The Morgan fingerprint density at radius 2 is 1.65 bits per heavy atom. The van der Waals surface area contributed by atoms with Gasteiger partial charge in [0.05, 0.1) is 17.8 Å². The highest BCUT2D eigenvalue weighted by Gasteiger charge is 2.36. The summed E-state index contributed by atoms with van der Waals surface area (Å²) >= 11 is 0. The summed E-state index contributed by atoms with van der Waals surface area (Å²) in [4.78, 5) is 17.7. The predicted molar refractivity (Wildman–Crippen MR) is 145 cm³/mol. The molecule has 0 unspecified atom stereocenters. The largest absolute Gasteiger partial charge is 0.372 e. The first-order valence-corrected chi connectivity index (χ1v) is 14.4. The Bertz CT molecular complexity index is 1420. The molecule has 12 heteroatoms. The summed E-state index contributed by atoms with van der Waals surface area (Å²) in [6, 6.07) is 3.37. The van der Waals surface area contributed by atoms with E-state index in [1.807, 2.05) is 4.90 Å². The minimum atomic E-state index is -5.13. The van der Waals surface area contributed by atoms with Crippen molar-refractivity contribution in [3.8, 4) is 0 Å². The number of halogens is 4. The molecule has 1 fully saturated rings. The molecule has 0 bridgehead atoms. The predicted octanol–water partition coefficient (Wildman–Crippen LogP) is 4.23. The quantitative estimate of drug-likeness (QED) is 0.414. The van der Waals surface area contributed by atoms with Gasteiger partial charge in [0, 0.05) is 19.6 Å². The van der Waals surface area contributed by atoms with Crippen LogP contribution in [0, 0.1) is 23.3 Å². The van der Waals surface area contributed by atoms with Crippen LogP contribution in [0.4, 0.5) is 23.2 Å². The third kappa shape index (κ3) is 6.56. The van der Waals surface area contributed by atoms with Crippen molar-refractivity contribution < 1.29 is 30.8 Å². The van der Waals surface area contributed by atoms with Gasteiger partial charge in [0.2, 0.25) is 0 Å². The van der Waals surface area contributed by atoms with Crippen molar-refractivity contribution in [2.75, 3.05) is 57.7 Å². The van der Waals surface area contributed by atoms with Crippen molar-refractivity contribution in [1.82, 2.24) is 14.7 Å². The Morgan fingerprint density at radius 1 is 0.950 bits per heavy atom. The molecule has 0 saturated carbocycles. The Hall–Kier alpha value is -3.22. The number of benzene rings is 2. The number of likely N-dealkylation sites (N-methyl/N-ethyl adjacent to an activating group) is 1. The molecule has 2 aliphatic heterocycles. The van der Waals surface area contributed by atoms with Gasteiger partial charge in [0.25, 0.3) is 15.9 Å². The highest BCUT2D eigenvalue weighted by atomic mass is 32.2. The first-order valence-electron chi connectivity index (χ1n) is 13.0. The number of carbonyl (C=O) groups excluding carboxylic acids is 1. The van der Waals surface area contributed by atoms with E-state index < -0.39 is 61.9 Å². The summed E-state index contributed by atoms with van der Waals surface area (Å²) in [6.45, 7) is 3.56. The Labute approximate surface area is 232 Å². The van der Waals surface area contributed by atoms with Crippen LogP contribution < -0.4 is 4.31 Å². The molecule has 1 saturated heterocycles. The zero-order valence-corrected chi connectivity index (χ0v) is 23.2. The molecule has 0 spiro atoms. The van der Waals surface area contributed by atoms with E-state index in [9.17, 15) is 22.0 Å². The maximum absolute atomic E-state index is 16.0. The zero-order valence-electron chi connectivity index (χ0n) is 22.4. The highest BCUT2D eigenvalue weighted by molar-refractivity contribution is 7.93. The van der Waals surface area contributed by atoms with Gasteiger partial charge in [-0.1, -0.05) is 12.5 Å². The van der Waals surface area contributed by atoms with Crippen LogP contribution in [0.25, 0.3) is 5.57 Å². The summed E-state index contributed by atoms with van der Waals surface area (Å²) in [5.41, 5.74) is -1.16. The molecule has 0 aromatic heterocycles. The fourth-order valence-electron chi connectivity index (χ4n) is 4.80. The van der Waals surface area contributed by atoms with E-state index in [1.165, 1.54) is 44.3 Å². The summed E-state index contributed by atoms with van der Waals surface area (Å²) in [6.07, 6.45) is 8.44. The van der Waals surface area contributed by atoms with Crippen molar-refractivity contribution >= 4 is 27.2 Å². The van der Waals surface area contributed by atoms with Crippen LogP contribution in [-0.4, -0.2) is 82.4 Å². The molecule has 1 amide bonds. The molecule has 7 nitrogen and oxygen atoms in total. The maximum Gasteiger partial charge on any atom is 0.274 e. The Morgan fingerprint density at radius 3 is 2.30 bits per heavy atom. The molecule has 2 aliphatic rings. The number of rotatable bonds is 9. The monoisotopic (exact) mass is 580 g/mol. The number of allylic oxidation sites excluding steroid dienone is 2. The standard InChI is InChI=1S/C28H32F4N4O3S/c1-33(2)19-26(37)36(40(38,39)25-18-21(29)6-7-22(25)30)24-9-8-23(31)27(28(24)32)20-10-14-35(15-11-20)17-16-34-12-4-3-5-13-34/h6-11,14,18H,3-5,12-13,15-17,19H2,1-2H3. The molecule has 2 aromatic carbocycles. The number of likely N-dealkylation sites (tertiary alicyclic amines) is 1. The van der Waals surface area contributed by atoms with Gasteiger partial charge < -0.3 is 14.7 Å². The lowest BCUT2D eigenvalue weighted by atomic mass is 10.0. The highest BCUT2D eigenvalue weighted by Crippen LogP contribution is 2.35. The van der Waals surface area contributed by atoms with Gasteiger partial charge in [-0.3, -0.25) is 4.79 Å². The maximum atomic E-state index is 16.0. The van der Waals surface area contributed by atoms with E-state index in [4.69, 9.17) is 0 Å². The van der Waals surface area contributed by atoms with Crippen LogP contribution in [0.5, 0.6) is 0 Å². The van der Waals surface area contributed by atoms with Crippen LogP contribution in [0.1, 0.15) is 24.8 Å². The molecule has 2 aromatic rings. The number of piperidine rings is 1. The van der Waals surface area contributed by atoms with E-state index in [0.717, 1.165) is 38.3 Å². The van der Waals surface area contributed by atoms with Crippen LogP contribution in [0.2, 0.25) is 0 Å². The molecule has 4 rings (SSSR count). The molecule has 0 N–H and O–H groups in total. The second kappa shape index (κ2) is 12.5. The molecular weight excluding hydrogens is 548 g/mol. The number of sulfonamides is 1. The van der Waals surface area contributed by atoms with Crippen molar-refractivity contribution in [1.29, 1.82) is 0 Å². The summed E-state index contributed by atoms with van der Waals surface area (Å²) < 4.78 is 86.5. The minimum absolute atomic E-state index is 0.0706. The van der Waals surface area contributed by atoms with Gasteiger partial charge >= 0.3 is 0 Å². The van der Waals surface area contributed by atoms with Crippen molar-refractivity contribution in [3.05, 3.63) is 77.5 Å². The van der Waals surface area contributed by atoms with Crippen LogP contribution in [0.3, 0.4) is 0 Å². The van der Waals surface area contributed by atoms with E-state index in [0.29, 0.717) is 24.7 Å². The Kier molecular flexibility index (Phi) is 9.32. The van der Waals surface area contributed by atoms with E-state index >= 15 is 8.78 Å². The van der Waals surface area contributed by atoms with Gasteiger partial charge in [-0.05, 0) is 88.2 Å². The van der Waals surface area contributed by atoms with Gasteiger partial charge in [-0.2, -0.15) is 4.31 Å². The van der Waals surface area contributed by atoms with Crippen molar-refractivity contribution in [3.63, 3.8) is 0 Å². The van der Waals surface area contributed by atoms with Crippen LogP contribution >= 0.6 is 0 Å². The second-order valence-corrected chi connectivity index (χ2v) is 11.9. The first kappa shape index (κ1) is 29.8. The third-order valence-corrected chi connectivity index (χ3v) is 8.58. The molecular formula is C28H32F4N4O3S. The molecule has 0 aliphatic carbocycles. The average molecular weight is 581 g/mol. The summed E-state index contributed by atoms with van der Waals surface area (Å²) in [5.74, 6) is -5.81. The molecule has 40 heavy (non-hydrogen) atoms. The Balaban J connectivity index is 1.67. The molecule has 2 heterocycles. The lowest BCUT2D eigenvalue weighted by Crippen LogP contribution is -2.43. The van der Waals surface area contributed by atoms with Gasteiger partial charge in [0.15, 0.2) is 5.82 Å². The average Bonchev–Trinajstić information content (AvgIpc) is 2.91. The topological polar surface area (TPSA) is 64.2 Å². The van der Waals surface area contributed by atoms with E-state index in [1.54, 1.807) is 12.3 Å². The third-order valence-electron chi connectivity index (χ3n) is 6.83. The summed E-state index contributed by atoms with van der Waals surface area (Å²) in [5, 5.41) is 0. The number of hydrogen-bond donors (Lipinski definition) is 0. The SMILES string of the molecule is CN(C)CC(=O)N(c1ccc(F)c(C2=CCN(CCN3CCCCC3)C=C2)c1F)S(=O)(=O)c1cc(F)ccc1F. The fourth-order valence-corrected chi connectivity index (χ4v) is 6.30. The number of nitrogens with zero attached hydrogens (tertiary/aromatic N) is 4. The molecule has 0 atom stereocenters. The van der Waals surface area contributed by atoms with E-state index in [-0.39, 0.29) is 9.88 Å². The summed E-state index contributed by atoms with van der Waals surface area (Å²) in [7, 11) is -2.18. The second-order valence-electron chi connectivity index (χ2n) is 10.1. The van der Waals surface area contributed by atoms with Gasteiger partial charge in [0.1, 0.15) is 22.3 Å². The lowest BCUT2D eigenvalue weighted by molar-refractivity contribution is -0.118. The number of carbonyl (C=O) groups is 1. The molecule has 0 radical (unpaired) electrons. The number of anilines is 1. The smallest absolute Gasteiger partial charge is 0.274 e. The van der Waals surface area contributed by atoms with Crippen molar-refractivity contribution in [2.45, 2.75) is 24.2 Å². The van der Waals surface area contributed by atoms with Gasteiger partial charge in [-0.25, -0.2) is 26.0 Å². The van der Waals surface area contributed by atoms with Gasteiger partial charge in [-0.15, -0.1) is 0 Å². The van der Waals surface area contributed by atoms with Crippen LogP contribution in [0.15, 0.2) is 53.6 Å².